The summed E-state index contributed by atoms with van der Waals surface area (Å²) in [5.41, 5.74) is 0.442. The molecule has 2 amide bonds. The molecule has 1 aliphatic heterocycles. The highest BCUT2D eigenvalue weighted by atomic mass is 32.2. The molecule has 1 saturated heterocycles. The Bertz CT molecular complexity index is 667. The Hall–Kier alpha value is -1.64. The summed E-state index contributed by atoms with van der Waals surface area (Å²) in [6.07, 6.45) is 3.56. The van der Waals surface area contributed by atoms with Crippen LogP contribution < -0.4 is 15.4 Å². The first-order chi connectivity index (χ1) is 11.0. The fourth-order valence-corrected chi connectivity index (χ4v) is 3.79. The minimum absolute atomic E-state index is 0.00722. The molecule has 7 nitrogen and oxygen atoms in total. The highest BCUT2D eigenvalue weighted by Gasteiger charge is 2.28. The number of hydrogen-bond acceptors (Lipinski definition) is 4. The normalized spacial score (nSPS) is 21.7. The largest absolute Gasteiger partial charge is 0.379 e. The first-order valence-corrected chi connectivity index (χ1v) is 9.29. The van der Waals surface area contributed by atoms with Crippen LogP contribution in [0.4, 0.5) is 10.5 Å². The summed E-state index contributed by atoms with van der Waals surface area (Å²) in [6.45, 7) is 1.24. The number of rotatable bonds is 5. The van der Waals surface area contributed by atoms with Crippen molar-refractivity contribution < 1.29 is 17.9 Å². The number of hydrogen-bond donors (Lipinski definition) is 3. The smallest absolute Gasteiger partial charge is 0.319 e. The van der Waals surface area contributed by atoms with Crippen molar-refractivity contribution in [3.8, 4) is 0 Å². The van der Waals surface area contributed by atoms with Crippen molar-refractivity contribution in [1.29, 1.82) is 0 Å². The number of benzene rings is 1. The highest BCUT2D eigenvalue weighted by Crippen LogP contribution is 2.23. The maximum Gasteiger partial charge on any atom is 0.319 e. The van der Waals surface area contributed by atoms with Gasteiger partial charge in [-0.2, -0.15) is 0 Å². The van der Waals surface area contributed by atoms with Gasteiger partial charge in [-0.25, -0.2) is 17.9 Å². The zero-order valence-electron chi connectivity index (χ0n) is 12.7. The zero-order valence-corrected chi connectivity index (χ0v) is 13.6. The highest BCUT2D eigenvalue weighted by molar-refractivity contribution is 7.89. The maximum atomic E-state index is 12.2. The van der Waals surface area contributed by atoms with Crippen LogP contribution in [0.3, 0.4) is 0 Å². The first-order valence-electron chi connectivity index (χ1n) is 7.80. The van der Waals surface area contributed by atoms with Gasteiger partial charge in [-0.05, 0) is 43.9 Å². The standard InChI is InChI=1S/C15H21N3O4S/c19-15(17-13-4-2-8-22-10-13)16-12-3-1-5-14(9-12)23(20,21)18-11-6-7-11/h1,3,5,9,11,13,18H,2,4,6-8,10H2,(H2,16,17,19)/t13-/m0/s1. The van der Waals surface area contributed by atoms with Crippen LogP contribution in [0.2, 0.25) is 0 Å². The van der Waals surface area contributed by atoms with Gasteiger partial charge in [0, 0.05) is 18.3 Å². The number of sulfonamides is 1. The molecule has 3 rings (SSSR count). The van der Waals surface area contributed by atoms with Crippen LogP contribution in [0.15, 0.2) is 29.2 Å². The average Bonchev–Trinajstić information content (AvgIpc) is 3.32. The number of ether oxygens (including phenoxy) is 1. The van der Waals surface area contributed by atoms with Gasteiger partial charge in [0.1, 0.15) is 0 Å². The molecule has 8 heteroatoms. The minimum atomic E-state index is -3.52. The van der Waals surface area contributed by atoms with E-state index in [2.05, 4.69) is 15.4 Å². The Morgan fingerprint density at radius 3 is 2.70 bits per heavy atom. The molecule has 0 spiro atoms. The van der Waals surface area contributed by atoms with Crippen molar-refractivity contribution in [2.75, 3.05) is 18.5 Å². The summed E-state index contributed by atoms with van der Waals surface area (Å²) < 4.78 is 32.3. The van der Waals surface area contributed by atoms with Gasteiger partial charge in [0.25, 0.3) is 0 Å². The predicted octanol–water partition coefficient (Wildman–Crippen LogP) is 1.43. The number of carbonyl (C=O) groups excluding carboxylic acids is 1. The van der Waals surface area contributed by atoms with Gasteiger partial charge in [0.05, 0.1) is 17.5 Å². The number of anilines is 1. The Morgan fingerprint density at radius 2 is 2.00 bits per heavy atom. The van der Waals surface area contributed by atoms with E-state index in [0.717, 1.165) is 32.3 Å². The third-order valence-corrected chi connectivity index (χ3v) is 5.32. The molecule has 1 aliphatic carbocycles. The molecule has 126 valence electrons. The van der Waals surface area contributed by atoms with Gasteiger partial charge in [-0.1, -0.05) is 6.07 Å². The number of carbonyl (C=O) groups is 1. The van der Waals surface area contributed by atoms with E-state index >= 15 is 0 Å². The molecule has 2 aliphatic rings. The van der Waals surface area contributed by atoms with Crippen molar-refractivity contribution in [3.05, 3.63) is 24.3 Å². The second kappa shape index (κ2) is 6.86. The van der Waals surface area contributed by atoms with E-state index in [-0.39, 0.29) is 23.0 Å². The SMILES string of the molecule is O=C(Nc1cccc(S(=O)(=O)NC2CC2)c1)N[C@H]1CCCOC1. The van der Waals surface area contributed by atoms with Crippen LogP contribution in [0.1, 0.15) is 25.7 Å². The van der Waals surface area contributed by atoms with Crippen molar-refractivity contribution in [1.82, 2.24) is 10.0 Å². The van der Waals surface area contributed by atoms with Crippen LogP contribution in [0.5, 0.6) is 0 Å². The van der Waals surface area contributed by atoms with Gasteiger partial charge < -0.3 is 15.4 Å². The molecule has 23 heavy (non-hydrogen) atoms. The van der Waals surface area contributed by atoms with Crippen LogP contribution in [-0.2, 0) is 14.8 Å². The summed E-state index contributed by atoms with van der Waals surface area (Å²) >= 11 is 0. The Kier molecular flexibility index (Phi) is 4.84. The van der Waals surface area contributed by atoms with Gasteiger partial charge >= 0.3 is 6.03 Å². The van der Waals surface area contributed by atoms with E-state index < -0.39 is 10.0 Å². The van der Waals surface area contributed by atoms with Gasteiger partial charge in [0.15, 0.2) is 0 Å². The molecule has 2 fully saturated rings. The molecule has 0 radical (unpaired) electrons. The van der Waals surface area contributed by atoms with Crippen LogP contribution >= 0.6 is 0 Å². The maximum absolute atomic E-state index is 12.2. The van der Waals surface area contributed by atoms with E-state index in [0.29, 0.717) is 12.3 Å². The van der Waals surface area contributed by atoms with Crippen molar-refractivity contribution in [2.45, 2.75) is 42.7 Å². The fourth-order valence-electron chi connectivity index (χ4n) is 2.44. The van der Waals surface area contributed by atoms with Crippen LogP contribution in [0, 0.1) is 0 Å². The summed E-state index contributed by atoms with van der Waals surface area (Å²) in [5.74, 6) is 0. The summed E-state index contributed by atoms with van der Waals surface area (Å²) in [7, 11) is -3.52. The van der Waals surface area contributed by atoms with Gasteiger partial charge in [-0.15, -0.1) is 0 Å². The first kappa shape index (κ1) is 16.2. The van der Waals surface area contributed by atoms with E-state index in [1.165, 1.54) is 12.1 Å². The third kappa shape index (κ3) is 4.66. The van der Waals surface area contributed by atoms with E-state index in [1.807, 2.05) is 0 Å². The number of urea groups is 1. The Labute approximate surface area is 135 Å². The molecule has 0 unspecified atom stereocenters. The summed E-state index contributed by atoms with van der Waals surface area (Å²) in [5, 5.41) is 5.50. The molecule has 1 heterocycles. The molecule has 0 aromatic heterocycles. The van der Waals surface area contributed by atoms with Crippen molar-refractivity contribution in [3.63, 3.8) is 0 Å². The molecule has 1 saturated carbocycles. The van der Waals surface area contributed by atoms with Crippen molar-refractivity contribution in [2.24, 2.45) is 0 Å². The topological polar surface area (TPSA) is 96.5 Å². The number of nitrogens with one attached hydrogen (secondary N) is 3. The Morgan fingerprint density at radius 1 is 1.17 bits per heavy atom. The van der Waals surface area contributed by atoms with E-state index in [1.54, 1.807) is 12.1 Å². The predicted molar refractivity (Wildman–Crippen MR) is 85.8 cm³/mol. The lowest BCUT2D eigenvalue weighted by molar-refractivity contribution is 0.0739. The van der Waals surface area contributed by atoms with Crippen LogP contribution in [-0.4, -0.2) is 39.7 Å². The third-order valence-electron chi connectivity index (χ3n) is 3.80. The second-order valence-electron chi connectivity index (χ2n) is 5.94. The second-order valence-corrected chi connectivity index (χ2v) is 7.65. The van der Waals surface area contributed by atoms with Gasteiger partial charge in [0.2, 0.25) is 10.0 Å². The van der Waals surface area contributed by atoms with E-state index in [4.69, 9.17) is 4.74 Å². The van der Waals surface area contributed by atoms with E-state index in [9.17, 15) is 13.2 Å². The molecule has 0 bridgehead atoms. The lowest BCUT2D eigenvalue weighted by Crippen LogP contribution is -2.42. The zero-order chi connectivity index (χ0) is 16.3. The molecule has 3 N–H and O–H groups in total. The molecular formula is C15H21N3O4S. The lowest BCUT2D eigenvalue weighted by atomic mass is 10.1. The fraction of sp³-hybridized carbons (Fsp3) is 0.533. The monoisotopic (exact) mass is 339 g/mol. The average molecular weight is 339 g/mol. The summed E-state index contributed by atoms with van der Waals surface area (Å²) in [4.78, 5) is 12.1. The quantitative estimate of drug-likeness (QED) is 0.756. The molecule has 1 atom stereocenters. The molecular weight excluding hydrogens is 318 g/mol. The van der Waals surface area contributed by atoms with Crippen LogP contribution in [0.25, 0.3) is 0 Å². The minimum Gasteiger partial charge on any atom is -0.379 e. The Balaban J connectivity index is 1.61. The lowest BCUT2D eigenvalue weighted by Gasteiger charge is -2.23. The van der Waals surface area contributed by atoms with Gasteiger partial charge in [-0.3, -0.25) is 0 Å². The number of amides is 2. The van der Waals surface area contributed by atoms with Crippen molar-refractivity contribution >= 4 is 21.7 Å². The molecule has 1 aromatic rings. The summed E-state index contributed by atoms with van der Waals surface area (Å²) in [6, 6.07) is 5.93. The molecule has 1 aromatic carbocycles.